The Balaban J connectivity index is 0.00000161. The summed E-state index contributed by atoms with van der Waals surface area (Å²) >= 11 is 0. The second-order valence-corrected chi connectivity index (χ2v) is 6.47. The van der Waals surface area contributed by atoms with E-state index in [1.165, 1.54) is 31.2 Å². The molecule has 2 aliphatic heterocycles. The monoisotopic (exact) mass is 308 g/mol. The SMILES string of the molecule is Cc1cccc(N(C)C(=O)CC2CC3CCC(C2)N3)c1.Cl. The van der Waals surface area contributed by atoms with Crippen molar-refractivity contribution in [3.63, 3.8) is 0 Å². The number of piperidine rings is 1. The van der Waals surface area contributed by atoms with E-state index in [1.807, 2.05) is 24.1 Å². The molecule has 1 aromatic rings. The summed E-state index contributed by atoms with van der Waals surface area (Å²) in [5.41, 5.74) is 2.20. The quantitative estimate of drug-likeness (QED) is 0.929. The van der Waals surface area contributed by atoms with Gasteiger partial charge in [0, 0.05) is 31.2 Å². The molecule has 21 heavy (non-hydrogen) atoms. The minimum Gasteiger partial charge on any atom is -0.315 e. The van der Waals surface area contributed by atoms with E-state index in [0.717, 1.165) is 5.69 Å². The highest BCUT2D eigenvalue weighted by Crippen LogP contribution is 2.33. The number of fused-ring (bicyclic) bond motifs is 2. The van der Waals surface area contributed by atoms with E-state index in [0.29, 0.717) is 24.4 Å². The predicted octanol–water partition coefficient (Wildman–Crippen LogP) is 3.30. The summed E-state index contributed by atoms with van der Waals surface area (Å²) in [6.07, 6.45) is 5.62. The summed E-state index contributed by atoms with van der Waals surface area (Å²) in [6.45, 7) is 2.06. The number of rotatable bonds is 3. The Morgan fingerprint density at radius 1 is 1.29 bits per heavy atom. The molecule has 1 aromatic carbocycles. The Bertz CT molecular complexity index is 493. The normalized spacial score (nSPS) is 27.0. The van der Waals surface area contributed by atoms with Gasteiger partial charge in [0.25, 0.3) is 0 Å². The molecule has 2 saturated heterocycles. The molecule has 2 fully saturated rings. The van der Waals surface area contributed by atoms with Crippen LogP contribution in [0.5, 0.6) is 0 Å². The van der Waals surface area contributed by atoms with Crippen LogP contribution in [-0.4, -0.2) is 25.0 Å². The fourth-order valence-corrected chi connectivity index (χ4v) is 3.71. The van der Waals surface area contributed by atoms with Crippen LogP contribution < -0.4 is 10.2 Å². The molecule has 2 bridgehead atoms. The van der Waals surface area contributed by atoms with Crippen molar-refractivity contribution >= 4 is 24.0 Å². The zero-order valence-electron chi connectivity index (χ0n) is 12.8. The molecule has 2 heterocycles. The van der Waals surface area contributed by atoms with Crippen LogP contribution in [0, 0.1) is 12.8 Å². The molecular formula is C17H25ClN2O. The third-order valence-electron chi connectivity index (χ3n) is 4.80. The maximum atomic E-state index is 12.5. The summed E-state index contributed by atoms with van der Waals surface area (Å²) in [4.78, 5) is 14.3. The van der Waals surface area contributed by atoms with Gasteiger partial charge < -0.3 is 10.2 Å². The average molecular weight is 309 g/mol. The van der Waals surface area contributed by atoms with E-state index in [1.54, 1.807) is 0 Å². The highest BCUT2D eigenvalue weighted by atomic mass is 35.5. The van der Waals surface area contributed by atoms with Crippen LogP contribution in [0.15, 0.2) is 24.3 Å². The third-order valence-corrected chi connectivity index (χ3v) is 4.80. The molecule has 0 aromatic heterocycles. The van der Waals surface area contributed by atoms with Gasteiger partial charge >= 0.3 is 0 Å². The Morgan fingerprint density at radius 2 is 1.95 bits per heavy atom. The van der Waals surface area contributed by atoms with Crippen molar-refractivity contribution in [1.29, 1.82) is 0 Å². The maximum Gasteiger partial charge on any atom is 0.226 e. The van der Waals surface area contributed by atoms with Crippen LogP contribution in [0.25, 0.3) is 0 Å². The molecule has 4 heteroatoms. The molecule has 3 rings (SSSR count). The molecule has 0 aliphatic carbocycles. The molecule has 2 unspecified atom stereocenters. The van der Waals surface area contributed by atoms with Crippen LogP contribution in [-0.2, 0) is 4.79 Å². The minimum absolute atomic E-state index is 0. The molecule has 2 aliphatic rings. The Morgan fingerprint density at radius 3 is 2.57 bits per heavy atom. The van der Waals surface area contributed by atoms with Gasteiger partial charge in [-0.3, -0.25) is 4.79 Å². The van der Waals surface area contributed by atoms with E-state index in [9.17, 15) is 4.79 Å². The molecule has 116 valence electrons. The molecule has 1 N–H and O–H groups in total. The van der Waals surface area contributed by atoms with Gasteiger partial charge in [-0.25, -0.2) is 0 Å². The second kappa shape index (κ2) is 6.80. The lowest BCUT2D eigenvalue weighted by Gasteiger charge is -2.30. The van der Waals surface area contributed by atoms with Crippen molar-refractivity contribution in [3.05, 3.63) is 29.8 Å². The molecule has 0 saturated carbocycles. The highest BCUT2D eigenvalue weighted by Gasteiger charge is 2.34. The number of carbonyl (C=O) groups is 1. The minimum atomic E-state index is 0. The van der Waals surface area contributed by atoms with Crippen molar-refractivity contribution in [2.75, 3.05) is 11.9 Å². The van der Waals surface area contributed by atoms with Crippen molar-refractivity contribution < 1.29 is 4.79 Å². The van der Waals surface area contributed by atoms with Crippen LogP contribution in [0.3, 0.4) is 0 Å². The fourth-order valence-electron chi connectivity index (χ4n) is 3.71. The van der Waals surface area contributed by atoms with Gasteiger partial charge in [-0.2, -0.15) is 0 Å². The fraction of sp³-hybridized carbons (Fsp3) is 0.588. The Kier molecular flexibility index (Phi) is 5.28. The third kappa shape index (κ3) is 3.78. The van der Waals surface area contributed by atoms with Crippen molar-refractivity contribution in [3.8, 4) is 0 Å². The molecule has 0 radical (unpaired) electrons. The lowest BCUT2D eigenvalue weighted by molar-refractivity contribution is -0.119. The lowest BCUT2D eigenvalue weighted by atomic mass is 9.89. The van der Waals surface area contributed by atoms with Gasteiger partial charge in [-0.05, 0) is 56.2 Å². The first-order chi connectivity index (χ1) is 9.61. The van der Waals surface area contributed by atoms with Gasteiger partial charge in [0.1, 0.15) is 0 Å². The number of nitrogens with one attached hydrogen (secondary N) is 1. The van der Waals surface area contributed by atoms with Crippen molar-refractivity contribution in [2.24, 2.45) is 5.92 Å². The van der Waals surface area contributed by atoms with Crippen LogP contribution in [0.2, 0.25) is 0 Å². The molecule has 1 amide bonds. The number of carbonyl (C=O) groups excluding carboxylic acids is 1. The van der Waals surface area contributed by atoms with E-state index in [2.05, 4.69) is 24.4 Å². The van der Waals surface area contributed by atoms with E-state index in [4.69, 9.17) is 0 Å². The van der Waals surface area contributed by atoms with Crippen LogP contribution in [0.1, 0.15) is 37.7 Å². The topological polar surface area (TPSA) is 32.3 Å². The maximum absolute atomic E-state index is 12.5. The van der Waals surface area contributed by atoms with Crippen molar-refractivity contribution in [1.82, 2.24) is 5.32 Å². The standard InChI is InChI=1S/C17H24N2O.ClH/c1-12-4-3-5-16(8-12)19(2)17(20)11-13-9-14-6-7-15(10-13)18-14;/h3-5,8,13-15,18H,6-7,9-11H2,1-2H3;1H. The van der Waals surface area contributed by atoms with Gasteiger partial charge in [0.2, 0.25) is 5.91 Å². The van der Waals surface area contributed by atoms with Gasteiger partial charge in [0.05, 0.1) is 0 Å². The lowest BCUT2D eigenvalue weighted by Crippen LogP contribution is -2.40. The predicted molar refractivity (Wildman–Crippen MR) is 89.1 cm³/mol. The first-order valence-electron chi connectivity index (χ1n) is 7.71. The number of halogens is 1. The zero-order valence-corrected chi connectivity index (χ0v) is 13.7. The second-order valence-electron chi connectivity index (χ2n) is 6.47. The number of nitrogens with zero attached hydrogens (tertiary/aromatic N) is 1. The number of hydrogen-bond acceptors (Lipinski definition) is 2. The Labute approximate surface area is 133 Å². The number of anilines is 1. The number of amides is 1. The largest absolute Gasteiger partial charge is 0.315 e. The molecule has 3 nitrogen and oxygen atoms in total. The van der Waals surface area contributed by atoms with E-state index >= 15 is 0 Å². The number of benzene rings is 1. The first kappa shape index (κ1) is 16.3. The average Bonchev–Trinajstić information content (AvgIpc) is 2.77. The van der Waals surface area contributed by atoms with E-state index < -0.39 is 0 Å². The Hall–Kier alpha value is -1.06. The first-order valence-corrected chi connectivity index (χ1v) is 7.71. The number of aryl methyl sites for hydroxylation is 1. The molecule has 0 spiro atoms. The summed E-state index contributed by atoms with van der Waals surface area (Å²) in [6, 6.07) is 9.48. The molecule has 2 atom stereocenters. The van der Waals surface area contributed by atoms with Crippen LogP contribution >= 0.6 is 12.4 Å². The van der Waals surface area contributed by atoms with Crippen molar-refractivity contribution in [2.45, 2.75) is 51.1 Å². The zero-order chi connectivity index (χ0) is 14.1. The van der Waals surface area contributed by atoms with Gasteiger partial charge in [-0.15, -0.1) is 12.4 Å². The summed E-state index contributed by atoms with van der Waals surface area (Å²) in [7, 11) is 1.90. The van der Waals surface area contributed by atoms with Gasteiger partial charge in [-0.1, -0.05) is 12.1 Å². The molecular weight excluding hydrogens is 284 g/mol. The smallest absolute Gasteiger partial charge is 0.226 e. The highest BCUT2D eigenvalue weighted by molar-refractivity contribution is 5.93. The summed E-state index contributed by atoms with van der Waals surface area (Å²) in [5, 5.41) is 3.64. The number of hydrogen-bond donors (Lipinski definition) is 1. The summed E-state index contributed by atoms with van der Waals surface area (Å²) < 4.78 is 0. The summed E-state index contributed by atoms with van der Waals surface area (Å²) in [5.74, 6) is 0.815. The van der Waals surface area contributed by atoms with Crippen LogP contribution in [0.4, 0.5) is 5.69 Å². The van der Waals surface area contributed by atoms with Gasteiger partial charge in [0.15, 0.2) is 0 Å². The van der Waals surface area contributed by atoms with E-state index in [-0.39, 0.29) is 18.3 Å².